The van der Waals surface area contributed by atoms with Gasteiger partial charge >= 0.3 is 6.09 Å². The van der Waals surface area contributed by atoms with Gasteiger partial charge in [-0.2, -0.15) is 0 Å². The Morgan fingerprint density at radius 2 is 2.00 bits per heavy atom. The molecule has 14 heavy (non-hydrogen) atoms. The van der Waals surface area contributed by atoms with Crippen LogP contribution in [0.3, 0.4) is 0 Å². The molecule has 3 N–H and O–H groups in total. The van der Waals surface area contributed by atoms with Crippen LogP contribution in [-0.4, -0.2) is 45.8 Å². The summed E-state index contributed by atoms with van der Waals surface area (Å²) in [4.78, 5) is 10.2. The van der Waals surface area contributed by atoms with Gasteiger partial charge in [0.15, 0.2) is 6.29 Å². The second-order valence-corrected chi connectivity index (χ2v) is 2.75. The lowest BCUT2D eigenvalue weighted by molar-refractivity contribution is -0.119. The van der Waals surface area contributed by atoms with Crippen LogP contribution in [0.5, 0.6) is 0 Å². The van der Waals surface area contributed by atoms with E-state index in [0.717, 1.165) is 0 Å². The van der Waals surface area contributed by atoms with Gasteiger partial charge in [0, 0.05) is 20.8 Å². The fourth-order valence-corrected chi connectivity index (χ4v) is 1.04. The minimum atomic E-state index is -0.769. The van der Waals surface area contributed by atoms with E-state index in [1.54, 1.807) is 14.2 Å². The number of nitrogens with one attached hydrogen (secondary N) is 1. The lowest BCUT2D eigenvalue weighted by Crippen LogP contribution is -2.41. The van der Waals surface area contributed by atoms with Gasteiger partial charge in [0.25, 0.3) is 0 Å². The highest BCUT2D eigenvalue weighted by atomic mass is 16.7. The molecule has 6 heteroatoms. The zero-order valence-corrected chi connectivity index (χ0v) is 8.78. The third kappa shape index (κ3) is 5.74. The van der Waals surface area contributed by atoms with Crippen LogP contribution in [0.25, 0.3) is 0 Å². The predicted molar refractivity (Wildman–Crippen MR) is 50.8 cm³/mol. The summed E-state index contributed by atoms with van der Waals surface area (Å²) in [6, 6.07) is 0.0153. The van der Waals surface area contributed by atoms with Crippen molar-refractivity contribution in [3.63, 3.8) is 0 Å². The van der Waals surface area contributed by atoms with E-state index in [-0.39, 0.29) is 18.9 Å². The molecule has 0 rings (SSSR count). The molecule has 0 saturated heterocycles. The molecule has 0 aromatic rings. The zero-order valence-electron chi connectivity index (χ0n) is 8.78. The number of carbonyl (C=O) groups excluding carboxylic acids is 1. The maximum absolute atomic E-state index is 10.2. The SMILES string of the molecule is COC(OC)C(C)NCCOC(N)=O. The molecule has 0 bridgehead atoms. The van der Waals surface area contributed by atoms with Crippen LogP contribution in [0.4, 0.5) is 4.79 Å². The summed E-state index contributed by atoms with van der Waals surface area (Å²) in [6.45, 7) is 2.65. The molecule has 0 spiro atoms. The van der Waals surface area contributed by atoms with E-state index >= 15 is 0 Å². The van der Waals surface area contributed by atoms with Crippen LogP contribution < -0.4 is 11.1 Å². The molecule has 84 valence electrons. The van der Waals surface area contributed by atoms with Crippen LogP contribution in [0.1, 0.15) is 6.92 Å². The molecule has 0 fully saturated rings. The molecule has 0 saturated carbocycles. The molecule has 0 radical (unpaired) electrons. The summed E-state index contributed by atoms with van der Waals surface area (Å²) >= 11 is 0. The first kappa shape index (κ1) is 13.2. The third-order valence-electron chi connectivity index (χ3n) is 1.69. The quantitative estimate of drug-likeness (QED) is 0.440. The van der Waals surface area contributed by atoms with Gasteiger partial charge in [0.1, 0.15) is 6.61 Å². The maximum atomic E-state index is 10.2. The van der Waals surface area contributed by atoms with Crippen LogP contribution in [0.15, 0.2) is 0 Å². The number of primary amides is 1. The van der Waals surface area contributed by atoms with E-state index in [2.05, 4.69) is 10.1 Å². The molecule has 0 aromatic carbocycles. The van der Waals surface area contributed by atoms with Gasteiger partial charge in [0.2, 0.25) is 0 Å². The standard InChI is InChI=1S/C8H18N2O4/c1-6(7(12-2)13-3)10-4-5-14-8(9)11/h6-7,10H,4-5H2,1-3H3,(H2,9,11). The first-order chi connectivity index (χ1) is 6.61. The second-order valence-electron chi connectivity index (χ2n) is 2.75. The summed E-state index contributed by atoms with van der Waals surface area (Å²) in [5.74, 6) is 0. The molecule has 1 amide bonds. The summed E-state index contributed by atoms with van der Waals surface area (Å²) < 4.78 is 14.6. The Hall–Kier alpha value is -0.850. The minimum Gasteiger partial charge on any atom is -0.448 e. The van der Waals surface area contributed by atoms with Crippen molar-refractivity contribution in [1.82, 2.24) is 5.32 Å². The van der Waals surface area contributed by atoms with Gasteiger partial charge in [-0.15, -0.1) is 0 Å². The highest BCUT2D eigenvalue weighted by Gasteiger charge is 2.14. The number of hydrogen-bond acceptors (Lipinski definition) is 5. The van der Waals surface area contributed by atoms with Crippen molar-refractivity contribution in [3.8, 4) is 0 Å². The average Bonchev–Trinajstić information content (AvgIpc) is 2.14. The first-order valence-electron chi connectivity index (χ1n) is 4.33. The van der Waals surface area contributed by atoms with Gasteiger partial charge in [-0.25, -0.2) is 4.79 Å². The fraction of sp³-hybridized carbons (Fsp3) is 0.875. The Balaban J connectivity index is 3.51. The summed E-state index contributed by atoms with van der Waals surface area (Å²) in [7, 11) is 3.12. The molecule has 0 heterocycles. The van der Waals surface area contributed by atoms with E-state index in [1.165, 1.54) is 0 Å². The van der Waals surface area contributed by atoms with E-state index < -0.39 is 6.09 Å². The summed E-state index contributed by atoms with van der Waals surface area (Å²) in [5, 5.41) is 3.06. The predicted octanol–water partition coefficient (Wildman–Crippen LogP) is -0.321. The number of rotatable bonds is 7. The largest absolute Gasteiger partial charge is 0.448 e. The number of amides is 1. The number of ether oxygens (including phenoxy) is 3. The van der Waals surface area contributed by atoms with Crippen molar-refractivity contribution >= 4 is 6.09 Å². The lowest BCUT2D eigenvalue weighted by atomic mass is 10.3. The first-order valence-corrected chi connectivity index (χ1v) is 4.33. The number of carbonyl (C=O) groups is 1. The Bertz CT molecular complexity index is 161. The fourth-order valence-electron chi connectivity index (χ4n) is 1.04. The van der Waals surface area contributed by atoms with Crippen molar-refractivity contribution in [2.75, 3.05) is 27.4 Å². The van der Waals surface area contributed by atoms with Gasteiger partial charge in [-0.1, -0.05) is 0 Å². The van der Waals surface area contributed by atoms with Crippen molar-refractivity contribution < 1.29 is 19.0 Å². The number of nitrogens with two attached hydrogens (primary N) is 1. The molecule has 0 aliphatic carbocycles. The third-order valence-corrected chi connectivity index (χ3v) is 1.69. The van der Waals surface area contributed by atoms with Gasteiger partial charge in [0.05, 0.1) is 6.04 Å². The topological polar surface area (TPSA) is 82.8 Å². The molecular weight excluding hydrogens is 188 g/mol. The van der Waals surface area contributed by atoms with Crippen molar-refractivity contribution in [1.29, 1.82) is 0 Å². The van der Waals surface area contributed by atoms with Crippen LogP contribution in [0.2, 0.25) is 0 Å². The molecule has 6 nitrogen and oxygen atoms in total. The Labute approximate surface area is 83.7 Å². The maximum Gasteiger partial charge on any atom is 0.404 e. The summed E-state index contributed by atoms with van der Waals surface area (Å²) in [6.07, 6.45) is -1.09. The zero-order chi connectivity index (χ0) is 11.0. The Kier molecular flexibility index (Phi) is 7.09. The average molecular weight is 206 g/mol. The molecule has 0 aliphatic heterocycles. The molecule has 1 unspecified atom stereocenters. The molecule has 0 aromatic heterocycles. The Morgan fingerprint density at radius 3 is 2.43 bits per heavy atom. The van der Waals surface area contributed by atoms with Crippen molar-refractivity contribution in [3.05, 3.63) is 0 Å². The molecule has 0 aliphatic rings. The highest BCUT2D eigenvalue weighted by molar-refractivity contribution is 5.64. The summed E-state index contributed by atoms with van der Waals surface area (Å²) in [5.41, 5.74) is 4.78. The van der Waals surface area contributed by atoms with Crippen LogP contribution in [0, 0.1) is 0 Å². The normalized spacial score (nSPS) is 12.9. The molecule has 1 atom stereocenters. The van der Waals surface area contributed by atoms with E-state index in [1.807, 2.05) is 6.92 Å². The van der Waals surface area contributed by atoms with Gasteiger partial charge in [-0.3, -0.25) is 0 Å². The van der Waals surface area contributed by atoms with Crippen molar-refractivity contribution in [2.45, 2.75) is 19.3 Å². The smallest absolute Gasteiger partial charge is 0.404 e. The minimum absolute atomic E-state index is 0.0153. The highest BCUT2D eigenvalue weighted by Crippen LogP contribution is 1.97. The van der Waals surface area contributed by atoms with Crippen LogP contribution >= 0.6 is 0 Å². The Morgan fingerprint density at radius 1 is 1.43 bits per heavy atom. The lowest BCUT2D eigenvalue weighted by Gasteiger charge is -2.21. The molecular formula is C8H18N2O4. The van der Waals surface area contributed by atoms with Crippen LogP contribution in [-0.2, 0) is 14.2 Å². The number of hydrogen-bond donors (Lipinski definition) is 2. The number of methoxy groups -OCH3 is 2. The van der Waals surface area contributed by atoms with Gasteiger partial charge in [-0.05, 0) is 6.92 Å². The monoisotopic (exact) mass is 206 g/mol. The van der Waals surface area contributed by atoms with E-state index in [4.69, 9.17) is 15.2 Å². The van der Waals surface area contributed by atoms with Crippen molar-refractivity contribution in [2.24, 2.45) is 5.73 Å². The van der Waals surface area contributed by atoms with E-state index in [0.29, 0.717) is 6.54 Å². The van der Waals surface area contributed by atoms with Gasteiger partial charge < -0.3 is 25.3 Å². The second kappa shape index (κ2) is 7.54. The van der Waals surface area contributed by atoms with E-state index in [9.17, 15) is 4.79 Å².